The van der Waals surface area contributed by atoms with Crippen LogP contribution in [0.25, 0.3) is 0 Å². The highest BCUT2D eigenvalue weighted by molar-refractivity contribution is 5.92. The first-order chi connectivity index (χ1) is 10.8. The number of amides is 1. The van der Waals surface area contributed by atoms with Crippen molar-refractivity contribution in [3.05, 3.63) is 24.3 Å². The Hall–Kier alpha value is -1.59. The Bertz CT molecular complexity index is 477. The average molecular weight is 304 g/mol. The van der Waals surface area contributed by atoms with Crippen LogP contribution in [0.4, 0.5) is 5.69 Å². The zero-order valence-corrected chi connectivity index (χ0v) is 12.8. The van der Waals surface area contributed by atoms with E-state index in [2.05, 4.69) is 10.6 Å². The Labute approximate surface area is 131 Å². The maximum atomic E-state index is 12.2. The highest BCUT2D eigenvalue weighted by Crippen LogP contribution is 2.20. The van der Waals surface area contributed by atoms with Gasteiger partial charge in [0.2, 0.25) is 5.91 Å². The van der Waals surface area contributed by atoms with Gasteiger partial charge in [0.05, 0.1) is 6.10 Å². The van der Waals surface area contributed by atoms with Crippen molar-refractivity contribution in [1.82, 2.24) is 5.32 Å². The average Bonchev–Trinajstić information content (AvgIpc) is 3.08. The minimum Gasteiger partial charge on any atom is -0.491 e. The predicted octanol–water partition coefficient (Wildman–Crippen LogP) is 2.18. The third-order valence-corrected chi connectivity index (χ3v) is 4.29. The summed E-state index contributed by atoms with van der Waals surface area (Å²) >= 11 is 0. The van der Waals surface area contributed by atoms with Gasteiger partial charge in [0, 0.05) is 18.2 Å². The number of nitrogens with one attached hydrogen (secondary N) is 2. The molecule has 1 atom stereocenters. The summed E-state index contributed by atoms with van der Waals surface area (Å²) in [7, 11) is 0. The molecule has 1 unspecified atom stereocenters. The number of benzene rings is 1. The second kappa shape index (κ2) is 7.61. The summed E-state index contributed by atoms with van der Waals surface area (Å²) in [5, 5.41) is 6.26. The lowest BCUT2D eigenvalue weighted by atomic mass is 9.97. The van der Waals surface area contributed by atoms with Gasteiger partial charge in [-0.05, 0) is 63.0 Å². The van der Waals surface area contributed by atoms with Crippen LogP contribution in [0.15, 0.2) is 24.3 Å². The van der Waals surface area contributed by atoms with E-state index in [-0.39, 0.29) is 17.9 Å². The monoisotopic (exact) mass is 304 g/mol. The first-order valence-electron chi connectivity index (χ1n) is 8.17. The second-order valence-electron chi connectivity index (χ2n) is 5.98. The van der Waals surface area contributed by atoms with E-state index in [4.69, 9.17) is 9.47 Å². The summed E-state index contributed by atoms with van der Waals surface area (Å²) in [4.78, 5) is 12.2. The Morgan fingerprint density at radius 2 is 2.00 bits per heavy atom. The lowest BCUT2D eigenvalue weighted by Gasteiger charge is -2.21. The van der Waals surface area contributed by atoms with E-state index in [0.717, 1.165) is 56.8 Å². The molecule has 0 aromatic heterocycles. The summed E-state index contributed by atoms with van der Waals surface area (Å²) < 4.78 is 11.3. The molecule has 1 aromatic carbocycles. The molecule has 0 bridgehead atoms. The van der Waals surface area contributed by atoms with Gasteiger partial charge in [-0.2, -0.15) is 0 Å². The number of hydrogen-bond acceptors (Lipinski definition) is 4. The molecule has 22 heavy (non-hydrogen) atoms. The number of ether oxygens (including phenoxy) is 2. The Morgan fingerprint density at radius 3 is 2.68 bits per heavy atom. The predicted molar refractivity (Wildman–Crippen MR) is 85.1 cm³/mol. The SMILES string of the molecule is O=C(Nc1ccc(OCC2CCCO2)cc1)C1CCNCC1. The quantitative estimate of drug-likeness (QED) is 0.875. The Morgan fingerprint density at radius 1 is 1.23 bits per heavy atom. The van der Waals surface area contributed by atoms with E-state index in [1.807, 2.05) is 24.3 Å². The molecule has 0 spiro atoms. The van der Waals surface area contributed by atoms with Crippen molar-refractivity contribution in [3.63, 3.8) is 0 Å². The summed E-state index contributed by atoms with van der Waals surface area (Å²) in [5.41, 5.74) is 0.827. The molecule has 5 nitrogen and oxygen atoms in total. The molecule has 2 saturated heterocycles. The summed E-state index contributed by atoms with van der Waals surface area (Å²) in [6.07, 6.45) is 4.24. The number of hydrogen-bond donors (Lipinski definition) is 2. The molecule has 0 saturated carbocycles. The Balaban J connectivity index is 1.47. The van der Waals surface area contributed by atoms with Crippen molar-refractivity contribution in [2.45, 2.75) is 31.8 Å². The summed E-state index contributed by atoms with van der Waals surface area (Å²) in [6, 6.07) is 7.58. The van der Waals surface area contributed by atoms with Crippen LogP contribution in [0, 0.1) is 5.92 Å². The van der Waals surface area contributed by atoms with Crippen LogP contribution >= 0.6 is 0 Å². The number of carbonyl (C=O) groups excluding carboxylic acids is 1. The van der Waals surface area contributed by atoms with Crippen molar-refractivity contribution in [2.24, 2.45) is 5.92 Å². The van der Waals surface area contributed by atoms with Gasteiger partial charge in [0.1, 0.15) is 12.4 Å². The maximum absolute atomic E-state index is 12.2. The fraction of sp³-hybridized carbons (Fsp3) is 0.588. The van der Waals surface area contributed by atoms with E-state index >= 15 is 0 Å². The van der Waals surface area contributed by atoms with Gasteiger partial charge in [-0.25, -0.2) is 0 Å². The van der Waals surface area contributed by atoms with Crippen molar-refractivity contribution in [3.8, 4) is 5.75 Å². The molecule has 120 valence electrons. The van der Waals surface area contributed by atoms with Crippen LogP contribution in [-0.4, -0.2) is 38.3 Å². The van der Waals surface area contributed by atoms with Crippen molar-refractivity contribution in [2.75, 3.05) is 31.6 Å². The topological polar surface area (TPSA) is 59.6 Å². The molecule has 2 N–H and O–H groups in total. The minimum absolute atomic E-state index is 0.120. The highest BCUT2D eigenvalue weighted by Gasteiger charge is 2.20. The summed E-state index contributed by atoms with van der Waals surface area (Å²) in [5.74, 6) is 1.06. The van der Waals surface area contributed by atoms with Gasteiger partial charge >= 0.3 is 0 Å². The molecule has 2 aliphatic heterocycles. The summed E-state index contributed by atoms with van der Waals surface area (Å²) in [6.45, 7) is 3.29. The van der Waals surface area contributed by atoms with E-state index in [0.29, 0.717) is 6.61 Å². The molecule has 0 radical (unpaired) electrons. The standard InChI is InChI=1S/C17H24N2O3/c20-17(13-7-9-18-10-8-13)19-14-3-5-15(6-4-14)22-12-16-2-1-11-21-16/h3-6,13,16,18H,1-2,7-12H2,(H,19,20). The molecular weight excluding hydrogens is 280 g/mol. The third-order valence-electron chi connectivity index (χ3n) is 4.29. The molecule has 1 amide bonds. The molecule has 2 fully saturated rings. The number of carbonyl (C=O) groups is 1. The van der Waals surface area contributed by atoms with Crippen molar-refractivity contribution >= 4 is 11.6 Å². The van der Waals surface area contributed by atoms with E-state index in [1.165, 1.54) is 0 Å². The normalized spacial score (nSPS) is 22.5. The maximum Gasteiger partial charge on any atom is 0.227 e. The van der Waals surface area contributed by atoms with Gasteiger partial charge in [-0.15, -0.1) is 0 Å². The molecule has 0 aliphatic carbocycles. The first kappa shape index (κ1) is 15.3. The lowest BCUT2D eigenvalue weighted by Crippen LogP contribution is -2.34. The number of anilines is 1. The zero-order valence-electron chi connectivity index (χ0n) is 12.8. The molecular formula is C17H24N2O3. The molecule has 2 heterocycles. The molecule has 1 aromatic rings. The van der Waals surface area contributed by atoms with Crippen molar-refractivity contribution < 1.29 is 14.3 Å². The van der Waals surface area contributed by atoms with Crippen LogP contribution in [-0.2, 0) is 9.53 Å². The smallest absolute Gasteiger partial charge is 0.227 e. The van der Waals surface area contributed by atoms with Gasteiger partial charge in [-0.1, -0.05) is 0 Å². The van der Waals surface area contributed by atoms with E-state index < -0.39 is 0 Å². The zero-order chi connectivity index (χ0) is 15.2. The highest BCUT2D eigenvalue weighted by atomic mass is 16.5. The minimum atomic E-state index is 0.120. The number of rotatable bonds is 5. The number of piperidine rings is 1. The molecule has 3 rings (SSSR count). The van der Waals surface area contributed by atoms with Crippen LogP contribution in [0.5, 0.6) is 5.75 Å². The third kappa shape index (κ3) is 4.21. The Kier molecular flexibility index (Phi) is 5.29. The van der Waals surface area contributed by atoms with Gasteiger partial charge in [0.15, 0.2) is 0 Å². The van der Waals surface area contributed by atoms with Crippen LogP contribution in [0.1, 0.15) is 25.7 Å². The second-order valence-corrected chi connectivity index (χ2v) is 5.98. The van der Waals surface area contributed by atoms with Gasteiger partial charge < -0.3 is 20.1 Å². The lowest BCUT2D eigenvalue weighted by molar-refractivity contribution is -0.120. The van der Waals surface area contributed by atoms with Gasteiger partial charge in [0.25, 0.3) is 0 Å². The fourth-order valence-corrected chi connectivity index (χ4v) is 2.93. The first-order valence-corrected chi connectivity index (χ1v) is 8.17. The van der Waals surface area contributed by atoms with Crippen LogP contribution < -0.4 is 15.4 Å². The van der Waals surface area contributed by atoms with Crippen molar-refractivity contribution in [1.29, 1.82) is 0 Å². The fourth-order valence-electron chi connectivity index (χ4n) is 2.93. The van der Waals surface area contributed by atoms with Gasteiger partial charge in [-0.3, -0.25) is 4.79 Å². The van der Waals surface area contributed by atoms with E-state index in [9.17, 15) is 4.79 Å². The molecule has 2 aliphatic rings. The largest absolute Gasteiger partial charge is 0.491 e. The molecule has 5 heteroatoms. The van der Waals surface area contributed by atoms with E-state index in [1.54, 1.807) is 0 Å². The van der Waals surface area contributed by atoms with Crippen LogP contribution in [0.3, 0.4) is 0 Å². The van der Waals surface area contributed by atoms with Crippen LogP contribution in [0.2, 0.25) is 0 Å².